The molecule has 7 nitrogen and oxygen atoms in total. The Morgan fingerprint density at radius 3 is 2.82 bits per heavy atom. The van der Waals surface area contributed by atoms with Crippen molar-refractivity contribution in [3.8, 4) is 17.0 Å². The molecule has 0 N–H and O–H groups in total. The van der Waals surface area contributed by atoms with Gasteiger partial charge in [-0.1, -0.05) is 6.07 Å². The van der Waals surface area contributed by atoms with Gasteiger partial charge in [0, 0.05) is 17.8 Å². The molecule has 3 aromatic rings. The third-order valence-electron chi connectivity index (χ3n) is 3.33. The van der Waals surface area contributed by atoms with E-state index in [4.69, 9.17) is 4.74 Å². The van der Waals surface area contributed by atoms with E-state index in [0.717, 1.165) is 0 Å². The number of aromatic nitrogens is 2. The lowest BCUT2D eigenvalue weighted by Gasteiger charge is -2.04. The fourth-order valence-corrected chi connectivity index (χ4v) is 2.32. The maximum Gasteiger partial charge on any atom is 0.311 e. The fraction of sp³-hybridized carbons (Fsp3) is 0.0667. The SMILES string of the molecule is COc1ccc(-c2nc3ccccn3c2C=O)cc1[N+](=O)[O-]. The Labute approximate surface area is 124 Å². The molecular formula is C15H11N3O4. The van der Waals surface area contributed by atoms with Gasteiger partial charge in [0.2, 0.25) is 0 Å². The zero-order valence-corrected chi connectivity index (χ0v) is 11.6. The molecule has 0 fully saturated rings. The Balaban J connectivity index is 2.25. The normalized spacial score (nSPS) is 10.6. The molecule has 0 aliphatic carbocycles. The van der Waals surface area contributed by atoms with Crippen molar-refractivity contribution in [2.24, 2.45) is 0 Å². The molecule has 1 aromatic carbocycles. The monoisotopic (exact) mass is 297 g/mol. The highest BCUT2D eigenvalue weighted by molar-refractivity contribution is 5.86. The molecule has 0 bridgehead atoms. The number of benzene rings is 1. The number of rotatable bonds is 4. The van der Waals surface area contributed by atoms with Crippen molar-refractivity contribution in [2.45, 2.75) is 0 Å². The number of ether oxygens (including phenoxy) is 1. The van der Waals surface area contributed by atoms with Gasteiger partial charge in [-0.15, -0.1) is 0 Å². The van der Waals surface area contributed by atoms with Gasteiger partial charge in [-0.2, -0.15) is 0 Å². The largest absolute Gasteiger partial charge is 0.490 e. The highest BCUT2D eigenvalue weighted by Crippen LogP contribution is 2.33. The van der Waals surface area contributed by atoms with Crippen LogP contribution in [0.1, 0.15) is 10.5 Å². The Hall–Kier alpha value is -3.22. The Morgan fingerprint density at radius 1 is 1.32 bits per heavy atom. The van der Waals surface area contributed by atoms with Crippen molar-refractivity contribution in [1.29, 1.82) is 0 Å². The number of nitrogens with zero attached hydrogens (tertiary/aromatic N) is 3. The van der Waals surface area contributed by atoms with Crippen molar-refractivity contribution in [3.05, 3.63) is 58.4 Å². The van der Waals surface area contributed by atoms with Crippen LogP contribution in [-0.4, -0.2) is 27.7 Å². The first-order valence-electron chi connectivity index (χ1n) is 6.40. The fourth-order valence-electron chi connectivity index (χ4n) is 2.32. The van der Waals surface area contributed by atoms with E-state index < -0.39 is 4.92 Å². The highest BCUT2D eigenvalue weighted by Gasteiger charge is 2.19. The second kappa shape index (κ2) is 5.28. The van der Waals surface area contributed by atoms with Gasteiger partial charge in [0.15, 0.2) is 12.0 Å². The summed E-state index contributed by atoms with van der Waals surface area (Å²) in [6.45, 7) is 0. The first-order chi connectivity index (χ1) is 10.7. The smallest absolute Gasteiger partial charge is 0.311 e. The molecule has 0 aliphatic heterocycles. The minimum atomic E-state index is -0.529. The average molecular weight is 297 g/mol. The molecule has 22 heavy (non-hydrogen) atoms. The van der Waals surface area contributed by atoms with Gasteiger partial charge in [0.1, 0.15) is 17.0 Å². The predicted molar refractivity (Wildman–Crippen MR) is 79.2 cm³/mol. The number of aldehydes is 1. The lowest BCUT2D eigenvalue weighted by molar-refractivity contribution is -0.385. The van der Waals surface area contributed by atoms with Crippen molar-refractivity contribution in [1.82, 2.24) is 9.38 Å². The first-order valence-corrected chi connectivity index (χ1v) is 6.40. The van der Waals surface area contributed by atoms with Crippen molar-refractivity contribution in [2.75, 3.05) is 7.11 Å². The molecule has 0 radical (unpaired) electrons. The average Bonchev–Trinajstić information content (AvgIpc) is 2.92. The van der Waals surface area contributed by atoms with E-state index in [9.17, 15) is 14.9 Å². The van der Waals surface area contributed by atoms with Gasteiger partial charge < -0.3 is 4.74 Å². The zero-order chi connectivity index (χ0) is 15.7. The number of methoxy groups -OCH3 is 1. The van der Waals surface area contributed by atoms with E-state index in [1.165, 1.54) is 19.2 Å². The zero-order valence-electron chi connectivity index (χ0n) is 11.6. The van der Waals surface area contributed by atoms with Crippen molar-refractivity contribution < 1.29 is 14.5 Å². The molecule has 0 spiro atoms. The van der Waals surface area contributed by atoms with Crippen LogP contribution in [0, 0.1) is 10.1 Å². The lowest BCUT2D eigenvalue weighted by Crippen LogP contribution is -1.95. The van der Waals surface area contributed by atoms with Gasteiger partial charge in [-0.25, -0.2) is 4.98 Å². The number of fused-ring (bicyclic) bond motifs is 1. The Morgan fingerprint density at radius 2 is 2.14 bits per heavy atom. The van der Waals surface area contributed by atoms with Crippen LogP contribution in [0.2, 0.25) is 0 Å². The molecular weight excluding hydrogens is 286 g/mol. The molecule has 110 valence electrons. The highest BCUT2D eigenvalue weighted by atomic mass is 16.6. The number of carbonyl (C=O) groups excluding carboxylic acids is 1. The summed E-state index contributed by atoms with van der Waals surface area (Å²) < 4.78 is 6.61. The topological polar surface area (TPSA) is 86.7 Å². The van der Waals surface area contributed by atoms with E-state index in [1.54, 1.807) is 34.9 Å². The number of hydrogen-bond donors (Lipinski definition) is 0. The standard InChI is InChI=1S/C15H11N3O4/c1-22-13-6-5-10(8-11(13)18(20)21)15-12(9-19)17-7-3-2-4-14(17)16-15/h2-9H,1H3. The second-order valence-corrected chi connectivity index (χ2v) is 4.54. The molecule has 0 unspecified atom stereocenters. The van der Waals surface area contributed by atoms with E-state index >= 15 is 0 Å². The second-order valence-electron chi connectivity index (χ2n) is 4.54. The van der Waals surface area contributed by atoms with Gasteiger partial charge in [-0.3, -0.25) is 19.3 Å². The maximum absolute atomic E-state index is 11.4. The third-order valence-corrected chi connectivity index (χ3v) is 3.33. The number of carbonyl (C=O) groups is 1. The molecule has 7 heteroatoms. The van der Waals surface area contributed by atoms with Crippen LogP contribution in [0.5, 0.6) is 5.75 Å². The molecule has 0 amide bonds. The summed E-state index contributed by atoms with van der Waals surface area (Å²) in [6, 6.07) is 9.83. The molecule has 0 aliphatic rings. The summed E-state index contributed by atoms with van der Waals surface area (Å²) in [5.41, 5.74) is 1.65. The molecule has 2 heterocycles. The van der Waals surface area contributed by atoms with E-state index in [-0.39, 0.29) is 11.4 Å². The quantitative estimate of drug-likeness (QED) is 0.420. The predicted octanol–water partition coefficient (Wildman–Crippen LogP) is 2.73. The summed E-state index contributed by atoms with van der Waals surface area (Å²) in [5, 5.41) is 11.1. The summed E-state index contributed by atoms with van der Waals surface area (Å²) >= 11 is 0. The van der Waals surface area contributed by atoms with Crippen LogP contribution < -0.4 is 4.74 Å². The molecule has 0 saturated carbocycles. The number of nitro groups is 1. The van der Waals surface area contributed by atoms with E-state index in [0.29, 0.717) is 28.9 Å². The van der Waals surface area contributed by atoms with Crippen LogP contribution in [0.25, 0.3) is 16.9 Å². The van der Waals surface area contributed by atoms with Gasteiger partial charge in [-0.05, 0) is 24.3 Å². The van der Waals surface area contributed by atoms with Crippen LogP contribution >= 0.6 is 0 Å². The van der Waals surface area contributed by atoms with Crippen LogP contribution in [0.3, 0.4) is 0 Å². The number of imidazole rings is 1. The van der Waals surface area contributed by atoms with Gasteiger partial charge in [0.05, 0.1) is 12.0 Å². The van der Waals surface area contributed by atoms with Crippen molar-refractivity contribution >= 4 is 17.6 Å². The molecule has 0 saturated heterocycles. The summed E-state index contributed by atoms with van der Waals surface area (Å²) in [4.78, 5) is 26.4. The first kappa shape index (κ1) is 13.7. The number of pyridine rings is 1. The maximum atomic E-state index is 11.4. The Bertz CT molecular complexity index is 886. The minimum absolute atomic E-state index is 0.158. The number of nitro benzene ring substituents is 1. The van der Waals surface area contributed by atoms with Gasteiger partial charge >= 0.3 is 5.69 Å². The summed E-state index contributed by atoms with van der Waals surface area (Å²) in [6.07, 6.45) is 2.40. The summed E-state index contributed by atoms with van der Waals surface area (Å²) in [5.74, 6) is 0.158. The molecule has 0 atom stereocenters. The van der Waals surface area contributed by atoms with E-state index in [2.05, 4.69) is 4.98 Å². The van der Waals surface area contributed by atoms with Crippen LogP contribution in [0.15, 0.2) is 42.6 Å². The van der Waals surface area contributed by atoms with Crippen LogP contribution in [0.4, 0.5) is 5.69 Å². The third kappa shape index (κ3) is 2.08. The summed E-state index contributed by atoms with van der Waals surface area (Å²) in [7, 11) is 1.36. The van der Waals surface area contributed by atoms with Gasteiger partial charge in [0.25, 0.3) is 0 Å². The van der Waals surface area contributed by atoms with Crippen molar-refractivity contribution in [3.63, 3.8) is 0 Å². The molecule has 2 aromatic heterocycles. The Kier molecular flexibility index (Phi) is 3.30. The van der Waals surface area contributed by atoms with Crippen LogP contribution in [-0.2, 0) is 0 Å². The molecule has 3 rings (SSSR count). The number of hydrogen-bond acceptors (Lipinski definition) is 5. The lowest BCUT2D eigenvalue weighted by atomic mass is 10.1. The van der Waals surface area contributed by atoms with E-state index in [1.807, 2.05) is 0 Å². The minimum Gasteiger partial charge on any atom is -0.490 e.